The molecule has 8 heteroatoms. The molecule has 2 unspecified atom stereocenters. The molecule has 0 bridgehead atoms. The highest BCUT2D eigenvalue weighted by molar-refractivity contribution is 6.42. The van der Waals surface area contributed by atoms with Crippen molar-refractivity contribution in [3.63, 3.8) is 0 Å². The Balaban J connectivity index is 1.77. The summed E-state index contributed by atoms with van der Waals surface area (Å²) in [6.07, 6.45) is 2.44. The van der Waals surface area contributed by atoms with E-state index in [9.17, 15) is 4.39 Å². The molecule has 2 aromatic carbocycles. The standard InChI is InChI=1S/C22H22Cl2FN5/c1-21(7-8-30(2)11-21)6-5-13-9-18-15(10-17(13)26)22(27,29-12-28-18)14-3-4-16(23)19(24)20(14)25/h3-4,9-10,12H,7-8,11,26-27H2,1-2H3,(H,28,29). The van der Waals surface area contributed by atoms with E-state index < -0.39 is 11.5 Å². The van der Waals surface area contributed by atoms with Gasteiger partial charge in [-0.15, -0.1) is 0 Å². The summed E-state index contributed by atoms with van der Waals surface area (Å²) in [7, 11) is 2.09. The average molecular weight is 446 g/mol. The molecule has 2 atom stereocenters. The Bertz CT molecular complexity index is 1120. The average Bonchev–Trinajstić information content (AvgIpc) is 3.04. The zero-order chi connectivity index (χ0) is 21.7. The molecule has 5 N–H and O–H groups in total. The minimum absolute atomic E-state index is 0.0766. The van der Waals surface area contributed by atoms with Gasteiger partial charge in [-0.05, 0) is 45.1 Å². The molecular weight excluding hydrogens is 424 g/mol. The summed E-state index contributed by atoms with van der Waals surface area (Å²) in [6.45, 7) is 4.09. The number of hydrogen-bond acceptors (Lipinski definition) is 5. The number of nitrogens with zero attached hydrogens (tertiary/aromatic N) is 2. The Labute approximate surface area is 185 Å². The van der Waals surface area contributed by atoms with E-state index in [1.807, 2.05) is 6.07 Å². The zero-order valence-corrected chi connectivity index (χ0v) is 18.2. The molecule has 0 radical (unpaired) electrons. The third-order valence-electron chi connectivity index (χ3n) is 5.70. The Morgan fingerprint density at radius 3 is 2.73 bits per heavy atom. The van der Waals surface area contributed by atoms with Gasteiger partial charge in [-0.3, -0.25) is 5.73 Å². The number of nitrogens with one attached hydrogen (secondary N) is 1. The van der Waals surface area contributed by atoms with Crippen molar-refractivity contribution in [1.82, 2.24) is 4.90 Å². The van der Waals surface area contributed by atoms with Crippen molar-refractivity contribution in [3.05, 3.63) is 56.8 Å². The van der Waals surface area contributed by atoms with Gasteiger partial charge >= 0.3 is 0 Å². The zero-order valence-electron chi connectivity index (χ0n) is 16.7. The minimum atomic E-state index is -1.50. The highest BCUT2D eigenvalue weighted by atomic mass is 35.5. The summed E-state index contributed by atoms with van der Waals surface area (Å²) >= 11 is 11.9. The van der Waals surface area contributed by atoms with Crippen molar-refractivity contribution in [2.24, 2.45) is 16.1 Å². The van der Waals surface area contributed by atoms with Crippen molar-refractivity contribution < 1.29 is 4.39 Å². The van der Waals surface area contributed by atoms with Gasteiger partial charge in [0, 0.05) is 40.0 Å². The molecule has 0 aromatic heterocycles. The molecule has 4 rings (SSSR count). The maximum absolute atomic E-state index is 14.9. The van der Waals surface area contributed by atoms with E-state index in [2.05, 4.69) is 41.0 Å². The van der Waals surface area contributed by atoms with E-state index in [1.165, 1.54) is 18.5 Å². The number of anilines is 2. The van der Waals surface area contributed by atoms with Gasteiger partial charge < -0.3 is 16.0 Å². The van der Waals surface area contributed by atoms with Crippen molar-refractivity contribution in [2.45, 2.75) is 19.0 Å². The van der Waals surface area contributed by atoms with Crippen LogP contribution in [-0.2, 0) is 5.66 Å². The third kappa shape index (κ3) is 3.52. The van der Waals surface area contributed by atoms with E-state index in [1.54, 1.807) is 6.07 Å². The van der Waals surface area contributed by atoms with Crippen molar-refractivity contribution in [2.75, 3.05) is 31.2 Å². The molecule has 1 saturated heterocycles. The maximum atomic E-state index is 14.9. The first kappa shape index (κ1) is 21.0. The maximum Gasteiger partial charge on any atom is 0.166 e. The Kier molecular flexibility index (Phi) is 5.19. The highest BCUT2D eigenvalue weighted by Crippen LogP contribution is 2.41. The first-order valence-electron chi connectivity index (χ1n) is 9.52. The van der Waals surface area contributed by atoms with E-state index in [0.717, 1.165) is 19.5 Å². The van der Waals surface area contributed by atoms with Gasteiger partial charge in [-0.1, -0.05) is 41.1 Å². The van der Waals surface area contributed by atoms with E-state index in [4.69, 9.17) is 34.7 Å². The van der Waals surface area contributed by atoms with Gasteiger partial charge in [-0.25, -0.2) is 9.38 Å². The summed E-state index contributed by atoms with van der Waals surface area (Å²) in [5.74, 6) is 5.88. The summed E-state index contributed by atoms with van der Waals surface area (Å²) in [6, 6.07) is 6.49. The van der Waals surface area contributed by atoms with E-state index >= 15 is 0 Å². The Hall–Kier alpha value is -2.30. The number of aliphatic imine (C=N–C) groups is 1. The topological polar surface area (TPSA) is 79.7 Å². The third-order valence-corrected chi connectivity index (χ3v) is 6.48. The number of nitrogen functional groups attached to an aromatic ring is 1. The number of nitrogens with two attached hydrogens (primary N) is 2. The van der Waals surface area contributed by atoms with E-state index in [0.29, 0.717) is 22.5 Å². The molecule has 0 aliphatic carbocycles. The lowest BCUT2D eigenvalue weighted by molar-refractivity contribution is 0.373. The fourth-order valence-corrected chi connectivity index (χ4v) is 4.29. The first-order chi connectivity index (χ1) is 14.1. The number of fused-ring (bicyclic) bond motifs is 1. The van der Waals surface area contributed by atoms with Crippen LogP contribution in [0.1, 0.15) is 30.0 Å². The van der Waals surface area contributed by atoms with Crippen molar-refractivity contribution in [1.29, 1.82) is 0 Å². The van der Waals surface area contributed by atoms with Gasteiger partial charge in [0.15, 0.2) is 11.5 Å². The highest BCUT2D eigenvalue weighted by Gasteiger charge is 2.37. The molecule has 0 amide bonds. The SMILES string of the molecule is CN1CCC(C)(C#Cc2cc3c(cc2N)C(N)(c2ccc(Cl)c(Cl)c2F)N=CN3)C1. The predicted molar refractivity (Wildman–Crippen MR) is 121 cm³/mol. The van der Waals surface area contributed by atoms with Crippen LogP contribution in [0.3, 0.4) is 0 Å². The fraction of sp³-hybridized carbons (Fsp3) is 0.318. The van der Waals surface area contributed by atoms with Gasteiger partial charge in [-0.2, -0.15) is 0 Å². The molecule has 0 spiro atoms. The van der Waals surface area contributed by atoms with Gasteiger partial charge in [0.1, 0.15) is 0 Å². The fourth-order valence-electron chi connectivity index (χ4n) is 3.98. The first-order valence-corrected chi connectivity index (χ1v) is 10.3. The van der Waals surface area contributed by atoms with Crippen LogP contribution in [0, 0.1) is 23.1 Å². The molecule has 2 aliphatic heterocycles. The second-order valence-electron chi connectivity index (χ2n) is 8.18. The predicted octanol–water partition coefficient (Wildman–Crippen LogP) is 4.02. The van der Waals surface area contributed by atoms with Gasteiger partial charge in [0.25, 0.3) is 0 Å². The second-order valence-corrected chi connectivity index (χ2v) is 8.96. The smallest absolute Gasteiger partial charge is 0.166 e. The van der Waals surface area contributed by atoms with Crippen LogP contribution in [0.25, 0.3) is 0 Å². The molecule has 2 aliphatic rings. The van der Waals surface area contributed by atoms with Crippen LogP contribution >= 0.6 is 23.2 Å². The second kappa shape index (κ2) is 7.44. The summed E-state index contributed by atoms with van der Waals surface area (Å²) in [4.78, 5) is 6.57. The van der Waals surface area contributed by atoms with Gasteiger partial charge in [0.2, 0.25) is 0 Å². The number of hydrogen-bond donors (Lipinski definition) is 3. The lowest BCUT2D eigenvalue weighted by atomic mass is 9.87. The van der Waals surface area contributed by atoms with Crippen molar-refractivity contribution >= 4 is 40.9 Å². The number of likely N-dealkylation sites (tertiary alicyclic amines) is 1. The van der Waals surface area contributed by atoms with Crippen LogP contribution in [0.5, 0.6) is 0 Å². The van der Waals surface area contributed by atoms with Crippen LogP contribution in [0.4, 0.5) is 15.8 Å². The molecule has 156 valence electrons. The summed E-state index contributed by atoms with van der Waals surface area (Å²) in [5.41, 5.74) is 13.7. The minimum Gasteiger partial charge on any atom is -0.398 e. The number of halogens is 3. The molecule has 30 heavy (non-hydrogen) atoms. The van der Waals surface area contributed by atoms with Crippen LogP contribution < -0.4 is 16.8 Å². The quantitative estimate of drug-likeness (QED) is 0.351. The normalized spacial score (nSPS) is 25.4. The van der Waals surface area contributed by atoms with Crippen LogP contribution in [-0.4, -0.2) is 31.4 Å². The molecule has 1 fully saturated rings. The van der Waals surface area contributed by atoms with Crippen molar-refractivity contribution in [3.8, 4) is 11.8 Å². The van der Waals surface area contributed by atoms with Crippen LogP contribution in [0.2, 0.25) is 10.0 Å². The Morgan fingerprint density at radius 1 is 1.27 bits per heavy atom. The van der Waals surface area contributed by atoms with Crippen LogP contribution in [0.15, 0.2) is 29.3 Å². The monoisotopic (exact) mass is 445 g/mol. The summed E-state index contributed by atoms with van der Waals surface area (Å²) in [5, 5.41) is 2.97. The van der Waals surface area contributed by atoms with E-state index in [-0.39, 0.29) is 21.0 Å². The number of rotatable bonds is 1. The lowest BCUT2D eigenvalue weighted by Gasteiger charge is -2.32. The molecular formula is C22H22Cl2FN5. The lowest BCUT2D eigenvalue weighted by Crippen LogP contribution is -2.40. The van der Waals surface area contributed by atoms with Gasteiger partial charge in [0.05, 0.1) is 16.4 Å². The Morgan fingerprint density at radius 2 is 2.03 bits per heavy atom. The number of benzene rings is 2. The largest absolute Gasteiger partial charge is 0.398 e. The molecule has 0 saturated carbocycles. The molecule has 5 nitrogen and oxygen atoms in total. The summed E-state index contributed by atoms with van der Waals surface area (Å²) < 4.78 is 14.9. The molecule has 2 aromatic rings. The molecule has 2 heterocycles.